The highest BCUT2D eigenvalue weighted by atomic mass is 32.2. The van der Waals surface area contributed by atoms with Gasteiger partial charge in [-0.2, -0.15) is 8.42 Å². The zero-order valence-corrected chi connectivity index (χ0v) is 16.5. The summed E-state index contributed by atoms with van der Waals surface area (Å²) >= 11 is 0. The Morgan fingerprint density at radius 2 is 1.50 bits per heavy atom. The van der Waals surface area contributed by atoms with Crippen LogP contribution in [0, 0.1) is 0 Å². The maximum atomic E-state index is 9.19. The Hall–Kier alpha value is -0.940. The molecule has 0 saturated carbocycles. The van der Waals surface area contributed by atoms with Crippen molar-refractivity contribution in [2.45, 2.75) is 84.6 Å². The highest BCUT2D eigenvalue weighted by Gasteiger charge is 2.02. The van der Waals surface area contributed by atoms with Crippen LogP contribution >= 0.6 is 0 Å². The van der Waals surface area contributed by atoms with Gasteiger partial charge in [-0.05, 0) is 25.3 Å². The van der Waals surface area contributed by atoms with Crippen LogP contribution in [0.1, 0.15) is 77.2 Å². The predicted molar refractivity (Wildman–Crippen MR) is 101 cm³/mol. The lowest BCUT2D eigenvalue weighted by Gasteiger charge is -2.01. The summed E-state index contributed by atoms with van der Waals surface area (Å²) in [6.45, 7) is 5.73. The van der Waals surface area contributed by atoms with Gasteiger partial charge in [0, 0.05) is 18.1 Å². The molecule has 5 heteroatoms. The molecule has 0 radical (unpaired) electrons. The fraction of sp³-hybridized carbons (Fsp3) is 0.737. The van der Waals surface area contributed by atoms with E-state index in [0.29, 0.717) is 6.26 Å². The second-order valence-corrected chi connectivity index (χ2v) is 7.87. The first-order valence-electron chi connectivity index (χ1n) is 9.27. The Balaban J connectivity index is 0.000000922. The Morgan fingerprint density at radius 3 is 2.08 bits per heavy atom. The van der Waals surface area contributed by atoms with Crippen molar-refractivity contribution < 1.29 is 17.5 Å². The zero-order valence-electron chi connectivity index (χ0n) is 15.7. The molecule has 24 heavy (non-hydrogen) atoms. The molecule has 0 unspecified atom stereocenters. The zero-order chi connectivity index (χ0) is 18.3. The number of aryl methyl sites for hydroxylation is 2. The van der Waals surface area contributed by atoms with Crippen LogP contribution in [-0.2, 0) is 23.1 Å². The molecule has 0 bridgehead atoms. The topological polar surface area (TPSA) is 58.2 Å². The molecule has 0 atom stereocenters. The van der Waals surface area contributed by atoms with Crippen LogP contribution in [-0.4, -0.2) is 19.2 Å². The molecule has 140 valence electrons. The van der Waals surface area contributed by atoms with E-state index in [1.807, 2.05) is 0 Å². The summed E-state index contributed by atoms with van der Waals surface area (Å²) in [5.41, 5.74) is 1.49. The molecule has 1 aromatic heterocycles. The van der Waals surface area contributed by atoms with Gasteiger partial charge in [0.2, 0.25) is 0 Å². The maximum absolute atomic E-state index is 9.19. The van der Waals surface area contributed by atoms with Crippen molar-refractivity contribution in [2.75, 3.05) is 6.26 Å². The van der Waals surface area contributed by atoms with E-state index in [4.69, 9.17) is 4.55 Å². The number of hydrogen-bond donors (Lipinski definition) is 1. The molecule has 4 nitrogen and oxygen atoms in total. The number of aromatic nitrogens is 1. The van der Waals surface area contributed by atoms with E-state index >= 15 is 0 Å². The number of rotatable bonds is 11. The summed E-state index contributed by atoms with van der Waals surface area (Å²) < 4.78 is 28.2. The van der Waals surface area contributed by atoms with E-state index in [0.717, 1.165) is 0 Å². The van der Waals surface area contributed by atoms with E-state index in [9.17, 15) is 8.42 Å². The molecule has 0 aliphatic carbocycles. The van der Waals surface area contributed by atoms with Gasteiger partial charge < -0.3 is 0 Å². The Labute approximate surface area is 149 Å². The average Bonchev–Trinajstić information content (AvgIpc) is 2.51. The fourth-order valence-corrected chi connectivity index (χ4v) is 2.50. The number of nitrogens with zero attached hydrogens (tertiary/aromatic N) is 1. The Bertz CT molecular complexity index is 507. The SMILES string of the molecule is CCCCCCCCC[n+]1cccc(CCCC)c1.CS(=O)(=O)O. The number of pyridine rings is 1. The van der Waals surface area contributed by atoms with E-state index in [1.54, 1.807) is 0 Å². The van der Waals surface area contributed by atoms with E-state index in [1.165, 1.54) is 76.3 Å². The van der Waals surface area contributed by atoms with Crippen molar-refractivity contribution in [2.24, 2.45) is 0 Å². The second-order valence-electron chi connectivity index (χ2n) is 6.41. The average molecular weight is 359 g/mol. The normalized spacial score (nSPS) is 11.0. The number of unbranched alkanes of at least 4 members (excludes halogenated alkanes) is 7. The molecule has 1 rings (SSSR count). The van der Waals surface area contributed by atoms with Crippen LogP contribution in [0.15, 0.2) is 24.5 Å². The number of hydrogen-bond acceptors (Lipinski definition) is 2. The summed E-state index contributed by atoms with van der Waals surface area (Å²) in [6, 6.07) is 4.46. The monoisotopic (exact) mass is 358 g/mol. The molecule has 0 amide bonds. The van der Waals surface area contributed by atoms with Crippen molar-refractivity contribution >= 4 is 10.1 Å². The van der Waals surface area contributed by atoms with Crippen molar-refractivity contribution in [1.82, 2.24) is 0 Å². The quantitative estimate of drug-likeness (QED) is 0.358. The summed E-state index contributed by atoms with van der Waals surface area (Å²) in [7, 11) is -3.67. The summed E-state index contributed by atoms with van der Waals surface area (Å²) in [5, 5.41) is 0. The van der Waals surface area contributed by atoms with Crippen LogP contribution in [0.5, 0.6) is 0 Å². The van der Waals surface area contributed by atoms with Crippen LogP contribution < -0.4 is 4.57 Å². The molecule has 0 aliphatic heterocycles. The third-order valence-electron chi connectivity index (χ3n) is 3.76. The molecule has 0 aromatic carbocycles. The van der Waals surface area contributed by atoms with Gasteiger partial charge in [0.1, 0.15) is 6.54 Å². The van der Waals surface area contributed by atoms with Crippen LogP contribution in [0.25, 0.3) is 0 Å². The maximum Gasteiger partial charge on any atom is 0.261 e. The van der Waals surface area contributed by atoms with Gasteiger partial charge in [0.25, 0.3) is 10.1 Å². The lowest BCUT2D eigenvalue weighted by molar-refractivity contribution is -0.697. The summed E-state index contributed by atoms with van der Waals surface area (Å²) in [5.74, 6) is 0. The van der Waals surface area contributed by atoms with Crippen LogP contribution in [0.4, 0.5) is 0 Å². The molecule has 0 fully saturated rings. The van der Waals surface area contributed by atoms with Gasteiger partial charge in [-0.3, -0.25) is 4.55 Å². The van der Waals surface area contributed by atoms with E-state index < -0.39 is 10.1 Å². The molecule has 1 N–H and O–H groups in total. The highest BCUT2D eigenvalue weighted by Crippen LogP contribution is 2.07. The molecular weight excluding hydrogens is 322 g/mol. The van der Waals surface area contributed by atoms with Crippen molar-refractivity contribution in [3.63, 3.8) is 0 Å². The Morgan fingerprint density at radius 1 is 0.958 bits per heavy atom. The third kappa shape index (κ3) is 17.4. The molecular formula is C19H36NO3S+. The van der Waals surface area contributed by atoms with Crippen LogP contribution in [0.2, 0.25) is 0 Å². The van der Waals surface area contributed by atoms with Gasteiger partial charge in [-0.1, -0.05) is 52.4 Å². The lowest BCUT2D eigenvalue weighted by atomic mass is 10.1. The fourth-order valence-electron chi connectivity index (χ4n) is 2.50. The summed E-state index contributed by atoms with van der Waals surface area (Å²) in [6.07, 6.45) is 18.8. The standard InChI is InChI=1S/C18H32N.CH4O3S/c1-3-5-7-8-9-10-11-15-19-16-12-14-18(17-19)13-6-4-2;1-5(2,3)4/h12,14,16-17H,3-11,13,15H2,1-2H3;1H3,(H,2,3,4)/q+1;. The smallest absolute Gasteiger partial charge is 0.261 e. The lowest BCUT2D eigenvalue weighted by Crippen LogP contribution is -2.33. The molecule has 0 aliphatic rings. The van der Waals surface area contributed by atoms with Crippen LogP contribution in [0.3, 0.4) is 0 Å². The highest BCUT2D eigenvalue weighted by molar-refractivity contribution is 7.85. The van der Waals surface area contributed by atoms with E-state index in [2.05, 4.69) is 42.9 Å². The van der Waals surface area contributed by atoms with Crippen molar-refractivity contribution in [1.29, 1.82) is 0 Å². The second kappa shape index (κ2) is 14.4. The molecule has 0 spiro atoms. The predicted octanol–water partition coefficient (Wildman–Crippen LogP) is 4.57. The van der Waals surface area contributed by atoms with Crippen molar-refractivity contribution in [3.05, 3.63) is 30.1 Å². The van der Waals surface area contributed by atoms with Crippen molar-refractivity contribution in [3.8, 4) is 0 Å². The van der Waals surface area contributed by atoms with E-state index in [-0.39, 0.29) is 0 Å². The van der Waals surface area contributed by atoms with Gasteiger partial charge in [0.15, 0.2) is 12.4 Å². The largest absolute Gasteiger partial charge is 0.286 e. The Kier molecular flexibility index (Phi) is 13.8. The minimum absolute atomic E-state index is 0.715. The molecule has 1 aromatic rings. The first kappa shape index (κ1) is 23.1. The van der Waals surface area contributed by atoms with Gasteiger partial charge in [-0.25, -0.2) is 4.57 Å². The third-order valence-corrected chi connectivity index (χ3v) is 3.76. The van der Waals surface area contributed by atoms with Gasteiger partial charge in [-0.15, -0.1) is 0 Å². The van der Waals surface area contributed by atoms with Gasteiger partial charge in [0.05, 0.1) is 6.26 Å². The minimum atomic E-state index is -3.67. The summed E-state index contributed by atoms with van der Waals surface area (Å²) in [4.78, 5) is 0. The first-order valence-corrected chi connectivity index (χ1v) is 11.1. The van der Waals surface area contributed by atoms with Gasteiger partial charge >= 0.3 is 0 Å². The minimum Gasteiger partial charge on any atom is -0.286 e. The molecule has 1 heterocycles. The molecule has 0 saturated heterocycles. The first-order chi connectivity index (χ1) is 11.4.